The van der Waals surface area contributed by atoms with Crippen LogP contribution in [0, 0.1) is 11.8 Å². The molecule has 0 radical (unpaired) electrons. The van der Waals surface area contributed by atoms with E-state index in [1.165, 1.54) is 10.9 Å². The molecule has 2 heterocycles. The first-order valence-corrected chi connectivity index (χ1v) is 10.7. The first kappa shape index (κ1) is 21.8. The van der Waals surface area contributed by atoms with Crippen molar-refractivity contribution in [1.82, 2.24) is 20.0 Å². The van der Waals surface area contributed by atoms with E-state index in [4.69, 9.17) is 17.3 Å². The number of halogens is 1. The second-order valence-electron chi connectivity index (χ2n) is 7.91. The number of nitrogens with one attached hydrogen (secondary N) is 2. The van der Waals surface area contributed by atoms with E-state index in [0.29, 0.717) is 23.4 Å². The summed E-state index contributed by atoms with van der Waals surface area (Å²) in [5.74, 6) is -2.23. The molecule has 1 aromatic carbocycles. The van der Waals surface area contributed by atoms with Gasteiger partial charge < -0.3 is 11.1 Å². The van der Waals surface area contributed by atoms with Crippen LogP contribution in [0.2, 0.25) is 5.02 Å². The normalized spacial score (nSPS) is 18.3. The minimum atomic E-state index is -0.694. The molecule has 1 fully saturated rings. The Balaban J connectivity index is 1.56. The van der Waals surface area contributed by atoms with Crippen LogP contribution in [0.4, 0.5) is 5.69 Å². The van der Waals surface area contributed by atoms with Crippen LogP contribution in [0.5, 0.6) is 0 Å². The molecule has 0 saturated heterocycles. The van der Waals surface area contributed by atoms with Gasteiger partial charge in [0.1, 0.15) is 5.69 Å². The van der Waals surface area contributed by atoms with Crippen LogP contribution in [0.15, 0.2) is 36.7 Å². The number of nitrogens with zero attached hydrogens (tertiary/aromatic N) is 3. The van der Waals surface area contributed by atoms with Gasteiger partial charge >= 0.3 is 0 Å². The fraction of sp³-hybridized carbons (Fsp3) is 0.318. The summed E-state index contributed by atoms with van der Waals surface area (Å²) < 4.78 is 1.31. The molecule has 2 atom stereocenters. The Bertz CT molecular complexity index is 1170. The molecule has 0 aliphatic heterocycles. The largest absolute Gasteiger partial charge is 0.364 e. The Kier molecular flexibility index (Phi) is 6.09. The second kappa shape index (κ2) is 8.96. The quantitative estimate of drug-likeness (QED) is 0.491. The molecule has 0 spiro atoms. The average Bonchev–Trinajstić information content (AvgIpc) is 3.43. The van der Waals surface area contributed by atoms with E-state index in [9.17, 15) is 14.4 Å². The molecule has 2 aromatic heterocycles. The monoisotopic (exact) mass is 454 g/mol. The molecule has 0 unspecified atom stereocenters. The van der Waals surface area contributed by atoms with Gasteiger partial charge in [-0.05, 0) is 31.0 Å². The number of hydrogen-bond acceptors (Lipinski definition) is 5. The molecule has 1 aliphatic rings. The van der Waals surface area contributed by atoms with Gasteiger partial charge in [-0.2, -0.15) is 10.2 Å². The number of benzene rings is 1. The molecule has 10 heteroatoms. The van der Waals surface area contributed by atoms with Crippen molar-refractivity contribution >= 4 is 34.9 Å². The molecule has 4 rings (SSSR count). The van der Waals surface area contributed by atoms with E-state index in [0.717, 1.165) is 24.1 Å². The summed E-state index contributed by atoms with van der Waals surface area (Å²) in [6, 6.07) is 7.03. The molecule has 4 N–H and O–H groups in total. The van der Waals surface area contributed by atoms with Crippen molar-refractivity contribution < 1.29 is 14.4 Å². The van der Waals surface area contributed by atoms with Crippen molar-refractivity contribution in [2.24, 2.45) is 24.6 Å². The Labute approximate surface area is 189 Å². The van der Waals surface area contributed by atoms with E-state index in [1.807, 2.05) is 6.07 Å². The van der Waals surface area contributed by atoms with E-state index in [2.05, 4.69) is 20.6 Å². The lowest BCUT2D eigenvalue weighted by Crippen LogP contribution is -2.36. The highest BCUT2D eigenvalue weighted by atomic mass is 35.5. The van der Waals surface area contributed by atoms with Gasteiger partial charge in [-0.15, -0.1) is 0 Å². The van der Waals surface area contributed by atoms with Gasteiger partial charge in [-0.3, -0.25) is 24.2 Å². The summed E-state index contributed by atoms with van der Waals surface area (Å²) in [5.41, 5.74) is 7.75. The summed E-state index contributed by atoms with van der Waals surface area (Å²) in [7, 11) is 1.57. The van der Waals surface area contributed by atoms with Gasteiger partial charge in [-0.1, -0.05) is 30.5 Å². The first-order valence-electron chi connectivity index (χ1n) is 10.3. The van der Waals surface area contributed by atoms with Gasteiger partial charge in [0, 0.05) is 36.2 Å². The smallest absolute Gasteiger partial charge is 0.269 e. The number of amides is 2. The van der Waals surface area contributed by atoms with Crippen molar-refractivity contribution in [2.45, 2.75) is 25.7 Å². The first-order chi connectivity index (χ1) is 15.4. The fourth-order valence-corrected chi connectivity index (χ4v) is 4.58. The molecular weight excluding hydrogens is 432 g/mol. The molecular formula is C22H23ClN6O3. The zero-order valence-corrected chi connectivity index (χ0v) is 18.2. The predicted octanol–water partition coefficient (Wildman–Crippen LogP) is 3.19. The number of hydrogen-bond donors (Lipinski definition) is 3. The number of Topliss-reactive ketones (excluding diaryl/α,β-unsaturated/α-hetero) is 1. The maximum absolute atomic E-state index is 13.4. The highest BCUT2D eigenvalue weighted by molar-refractivity contribution is 6.34. The van der Waals surface area contributed by atoms with E-state index < -0.39 is 17.7 Å². The zero-order chi connectivity index (χ0) is 22.8. The highest BCUT2D eigenvalue weighted by Crippen LogP contribution is 2.36. The Hall–Kier alpha value is -3.46. The number of aromatic nitrogens is 4. The van der Waals surface area contributed by atoms with Gasteiger partial charge in [0.05, 0.1) is 22.6 Å². The van der Waals surface area contributed by atoms with Crippen LogP contribution in [-0.2, 0) is 11.8 Å². The van der Waals surface area contributed by atoms with Crippen LogP contribution in [0.1, 0.15) is 46.5 Å². The summed E-state index contributed by atoms with van der Waals surface area (Å²) >= 11 is 6.46. The van der Waals surface area contributed by atoms with Crippen molar-refractivity contribution in [1.29, 1.82) is 0 Å². The summed E-state index contributed by atoms with van der Waals surface area (Å²) in [6.07, 6.45) is 5.86. The van der Waals surface area contributed by atoms with Crippen molar-refractivity contribution in [3.05, 3.63) is 52.9 Å². The number of H-pyrrole nitrogens is 1. The van der Waals surface area contributed by atoms with Crippen molar-refractivity contribution in [3.8, 4) is 11.3 Å². The number of nitrogens with two attached hydrogens (primary N) is 1. The molecule has 1 saturated carbocycles. The fourth-order valence-electron chi connectivity index (χ4n) is 4.30. The molecule has 2 amide bonds. The summed E-state index contributed by atoms with van der Waals surface area (Å²) in [5, 5.41) is 13.9. The third-order valence-electron chi connectivity index (χ3n) is 5.92. The van der Waals surface area contributed by atoms with E-state index in [1.54, 1.807) is 31.4 Å². The number of ketones is 1. The predicted molar refractivity (Wildman–Crippen MR) is 119 cm³/mol. The number of anilines is 1. The highest BCUT2D eigenvalue weighted by Gasteiger charge is 2.37. The maximum atomic E-state index is 13.4. The summed E-state index contributed by atoms with van der Waals surface area (Å²) in [6.45, 7) is 0. The zero-order valence-electron chi connectivity index (χ0n) is 17.5. The number of carbonyl (C=O) groups excluding carboxylic acids is 3. The Morgan fingerprint density at radius 3 is 2.59 bits per heavy atom. The second-order valence-corrected chi connectivity index (χ2v) is 8.32. The third-order valence-corrected chi connectivity index (χ3v) is 6.23. The maximum Gasteiger partial charge on any atom is 0.269 e. The Morgan fingerprint density at radius 1 is 1.19 bits per heavy atom. The van der Waals surface area contributed by atoms with Gasteiger partial charge in [0.25, 0.3) is 5.91 Å². The van der Waals surface area contributed by atoms with Crippen molar-refractivity contribution in [2.75, 3.05) is 5.32 Å². The van der Waals surface area contributed by atoms with Crippen LogP contribution in [0.25, 0.3) is 11.3 Å². The van der Waals surface area contributed by atoms with Crippen LogP contribution in [-0.4, -0.2) is 37.6 Å². The molecule has 1 aliphatic carbocycles. The minimum Gasteiger partial charge on any atom is -0.364 e. The van der Waals surface area contributed by atoms with Crippen molar-refractivity contribution in [3.63, 3.8) is 0 Å². The van der Waals surface area contributed by atoms with Gasteiger partial charge in [-0.25, -0.2) is 0 Å². The van der Waals surface area contributed by atoms with Gasteiger partial charge in [0.2, 0.25) is 5.91 Å². The molecule has 32 heavy (non-hydrogen) atoms. The topological polar surface area (TPSA) is 136 Å². The van der Waals surface area contributed by atoms with E-state index in [-0.39, 0.29) is 23.1 Å². The van der Waals surface area contributed by atoms with Crippen LogP contribution >= 0.6 is 11.6 Å². The standard InChI is InChI=1S/C22H23ClN6O3/c1-29-19(21(24)31)18(11-26-29)27-22(32)14-5-3-2-4-13(14)20(30)15-7-6-12(10-16(15)23)17-8-9-25-28-17/h6-11,13-14H,2-5H2,1H3,(H2,24,31)(H,25,28)(H,27,32)/t13-,14+/m0/s1. The van der Waals surface area contributed by atoms with Gasteiger partial charge in [0.15, 0.2) is 5.78 Å². The van der Waals surface area contributed by atoms with E-state index >= 15 is 0 Å². The molecule has 9 nitrogen and oxygen atoms in total. The SMILES string of the molecule is Cn1ncc(NC(=O)[C@@H]2CCCC[C@@H]2C(=O)c2ccc(-c3ccn[nH]3)cc2Cl)c1C(N)=O. The summed E-state index contributed by atoms with van der Waals surface area (Å²) in [4.78, 5) is 38.2. The number of aryl methyl sites for hydroxylation is 1. The number of rotatable bonds is 6. The minimum absolute atomic E-state index is 0.106. The average molecular weight is 455 g/mol. The lowest BCUT2D eigenvalue weighted by Gasteiger charge is -2.29. The number of aromatic amines is 1. The molecule has 166 valence electrons. The Morgan fingerprint density at radius 2 is 1.94 bits per heavy atom. The van der Waals surface area contributed by atoms with Crippen LogP contribution < -0.4 is 11.1 Å². The lowest BCUT2D eigenvalue weighted by molar-refractivity contribution is -0.122. The number of carbonyl (C=O) groups is 3. The lowest BCUT2D eigenvalue weighted by atomic mass is 9.75. The van der Waals surface area contributed by atoms with Crippen LogP contribution in [0.3, 0.4) is 0 Å². The molecule has 0 bridgehead atoms. The molecule has 3 aromatic rings. The number of primary amides is 1. The third kappa shape index (κ3) is 4.16.